The van der Waals surface area contributed by atoms with E-state index < -0.39 is 11.8 Å². The summed E-state index contributed by atoms with van der Waals surface area (Å²) in [6.07, 6.45) is 0.540. The summed E-state index contributed by atoms with van der Waals surface area (Å²) in [5.41, 5.74) is 2.26. The first-order valence-electron chi connectivity index (χ1n) is 10.7. The molecule has 32 heavy (non-hydrogen) atoms. The average molecular weight is 447 g/mol. The quantitative estimate of drug-likeness (QED) is 0.298. The Morgan fingerprint density at radius 3 is 2.31 bits per heavy atom. The molecule has 8 heteroatoms. The zero-order valence-corrected chi connectivity index (χ0v) is 19.4. The van der Waals surface area contributed by atoms with Crippen molar-refractivity contribution in [3.05, 3.63) is 58.2 Å². The van der Waals surface area contributed by atoms with Crippen molar-refractivity contribution in [3.8, 4) is 0 Å². The summed E-state index contributed by atoms with van der Waals surface area (Å²) in [5, 5.41) is 0. The lowest BCUT2D eigenvalue weighted by Gasteiger charge is -2.22. The Kier molecular flexibility index (Phi) is 9.13. The molecule has 0 spiro atoms. The van der Waals surface area contributed by atoms with E-state index in [1.165, 1.54) is 29.2 Å². The fourth-order valence-electron chi connectivity index (χ4n) is 3.84. The summed E-state index contributed by atoms with van der Waals surface area (Å²) in [5.74, 6) is -1.56. The van der Waals surface area contributed by atoms with E-state index in [4.69, 9.17) is 9.47 Å². The molecule has 2 rings (SSSR count). The molecule has 0 aliphatic carbocycles. The molecule has 174 valence electrons. The molecule has 2 aromatic rings. The Labute approximate surface area is 188 Å². The van der Waals surface area contributed by atoms with Gasteiger partial charge in [-0.15, -0.1) is 0 Å². The van der Waals surface area contributed by atoms with Gasteiger partial charge in [0.25, 0.3) is 5.91 Å². The maximum Gasteiger partial charge on any atom is 0.355 e. The van der Waals surface area contributed by atoms with Crippen LogP contribution in [0.2, 0.25) is 0 Å². The minimum Gasteiger partial charge on any atom is -0.461 e. The standard InChI is InChI=1S/C24H31FN2O5/c1-6-27-17(4)21(16(3)22(27)24(30)32-7-2)20(28)15-26(13-8-14-31-5)23(29)18-9-11-19(25)12-10-18/h9-12H,6-8,13-15H2,1-5H3. The molecule has 0 saturated heterocycles. The van der Waals surface area contributed by atoms with Gasteiger partial charge >= 0.3 is 5.97 Å². The van der Waals surface area contributed by atoms with Gasteiger partial charge in [0.15, 0.2) is 5.78 Å². The average Bonchev–Trinajstić information content (AvgIpc) is 3.02. The maximum atomic E-state index is 13.3. The lowest BCUT2D eigenvalue weighted by molar-refractivity contribution is 0.0512. The van der Waals surface area contributed by atoms with Crippen LogP contribution < -0.4 is 0 Å². The molecule has 0 aliphatic heterocycles. The predicted molar refractivity (Wildman–Crippen MR) is 119 cm³/mol. The molecule has 0 aliphatic rings. The number of carbonyl (C=O) groups excluding carboxylic acids is 3. The highest BCUT2D eigenvalue weighted by Gasteiger charge is 2.28. The Hall–Kier alpha value is -3.00. The molecular weight excluding hydrogens is 415 g/mol. The van der Waals surface area contributed by atoms with Crippen LogP contribution in [0.15, 0.2) is 24.3 Å². The second-order valence-corrected chi connectivity index (χ2v) is 7.40. The molecule has 7 nitrogen and oxygen atoms in total. The van der Waals surface area contributed by atoms with Crippen molar-refractivity contribution in [1.82, 2.24) is 9.47 Å². The third kappa shape index (κ3) is 5.62. The molecule has 1 aromatic carbocycles. The van der Waals surface area contributed by atoms with Gasteiger partial charge in [-0.1, -0.05) is 0 Å². The number of amides is 1. The molecule has 1 amide bonds. The van der Waals surface area contributed by atoms with E-state index in [0.717, 1.165) is 0 Å². The van der Waals surface area contributed by atoms with E-state index in [9.17, 15) is 18.8 Å². The van der Waals surface area contributed by atoms with Crippen LogP contribution in [0.1, 0.15) is 62.7 Å². The van der Waals surface area contributed by atoms with Gasteiger partial charge in [0.1, 0.15) is 11.5 Å². The summed E-state index contributed by atoms with van der Waals surface area (Å²) in [6.45, 7) is 8.40. The van der Waals surface area contributed by atoms with Gasteiger partial charge in [-0.2, -0.15) is 0 Å². The number of rotatable bonds is 11. The largest absolute Gasteiger partial charge is 0.461 e. The Balaban J connectivity index is 2.37. The number of aromatic nitrogens is 1. The van der Waals surface area contributed by atoms with Gasteiger partial charge in [0.2, 0.25) is 0 Å². The summed E-state index contributed by atoms with van der Waals surface area (Å²) < 4.78 is 25.3. The molecule has 0 unspecified atom stereocenters. The molecule has 0 bridgehead atoms. The topological polar surface area (TPSA) is 77.8 Å². The van der Waals surface area contributed by atoms with Crippen LogP contribution in [-0.2, 0) is 16.0 Å². The van der Waals surface area contributed by atoms with Crippen LogP contribution in [0.4, 0.5) is 4.39 Å². The molecule has 0 radical (unpaired) electrons. The first-order valence-corrected chi connectivity index (χ1v) is 10.7. The van der Waals surface area contributed by atoms with Gasteiger partial charge in [-0.25, -0.2) is 9.18 Å². The Morgan fingerprint density at radius 2 is 1.75 bits per heavy atom. The summed E-state index contributed by atoms with van der Waals surface area (Å²) >= 11 is 0. The van der Waals surface area contributed by atoms with Gasteiger partial charge in [0, 0.05) is 43.6 Å². The van der Waals surface area contributed by atoms with Crippen LogP contribution in [0.5, 0.6) is 0 Å². The number of hydrogen-bond acceptors (Lipinski definition) is 5. The number of esters is 1. The summed E-state index contributed by atoms with van der Waals surface area (Å²) in [6, 6.07) is 5.22. The first-order chi connectivity index (χ1) is 15.3. The van der Waals surface area contributed by atoms with E-state index in [2.05, 4.69) is 0 Å². The number of benzene rings is 1. The second-order valence-electron chi connectivity index (χ2n) is 7.40. The molecule has 0 N–H and O–H groups in total. The predicted octanol–water partition coefficient (Wildman–Crippen LogP) is 3.80. The minimum atomic E-state index is -0.478. The molecule has 1 aromatic heterocycles. The molecule has 1 heterocycles. The van der Waals surface area contributed by atoms with Crippen LogP contribution in [0.25, 0.3) is 0 Å². The summed E-state index contributed by atoms with van der Waals surface area (Å²) in [7, 11) is 1.56. The number of Topliss-reactive ketones (excluding diaryl/α,β-unsaturated/α-hetero) is 1. The fourth-order valence-corrected chi connectivity index (χ4v) is 3.84. The number of nitrogens with zero attached hydrogens (tertiary/aromatic N) is 2. The normalized spacial score (nSPS) is 10.8. The zero-order valence-electron chi connectivity index (χ0n) is 19.4. The van der Waals surface area contributed by atoms with Crippen molar-refractivity contribution < 1.29 is 28.2 Å². The van der Waals surface area contributed by atoms with E-state index in [1.54, 1.807) is 32.4 Å². The number of carbonyl (C=O) groups is 3. The highest BCUT2D eigenvalue weighted by molar-refractivity contribution is 6.06. The van der Waals surface area contributed by atoms with Crippen molar-refractivity contribution in [3.63, 3.8) is 0 Å². The number of methoxy groups -OCH3 is 1. The van der Waals surface area contributed by atoms with Crippen molar-refractivity contribution in [1.29, 1.82) is 0 Å². The van der Waals surface area contributed by atoms with Crippen molar-refractivity contribution in [2.75, 3.05) is 33.4 Å². The number of ether oxygens (including phenoxy) is 2. The summed E-state index contributed by atoms with van der Waals surface area (Å²) in [4.78, 5) is 40.3. The van der Waals surface area contributed by atoms with Crippen LogP contribution >= 0.6 is 0 Å². The number of halogens is 1. The van der Waals surface area contributed by atoms with E-state index >= 15 is 0 Å². The minimum absolute atomic E-state index is 0.169. The highest BCUT2D eigenvalue weighted by atomic mass is 19.1. The van der Waals surface area contributed by atoms with Crippen molar-refractivity contribution in [2.24, 2.45) is 0 Å². The Bertz CT molecular complexity index is 966. The third-order valence-electron chi connectivity index (χ3n) is 5.32. The van der Waals surface area contributed by atoms with Crippen LogP contribution in [0, 0.1) is 19.7 Å². The number of hydrogen-bond donors (Lipinski definition) is 0. The maximum absolute atomic E-state index is 13.3. The monoisotopic (exact) mass is 446 g/mol. The highest BCUT2D eigenvalue weighted by Crippen LogP contribution is 2.24. The first kappa shape index (κ1) is 25.3. The van der Waals surface area contributed by atoms with Gasteiger partial charge in [0.05, 0.1) is 13.2 Å². The molecule has 0 fully saturated rings. The Morgan fingerprint density at radius 1 is 1.09 bits per heavy atom. The van der Waals surface area contributed by atoms with E-state index in [-0.39, 0.29) is 24.8 Å². The third-order valence-corrected chi connectivity index (χ3v) is 5.32. The van der Waals surface area contributed by atoms with Gasteiger partial charge in [-0.3, -0.25) is 9.59 Å². The molecule has 0 atom stereocenters. The van der Waals surface area contributed by atoms with Gasteiger partial charge < -0.3 is 18.9 Å². The zero-order chi connectivity index (χ0) is 23.8. The smallest absolute Gasteiger partial charge is 0.355 e. The lowest BCUT2D eigenvalue weighted by Crippen LogP contribution is -2.37. The number of ketones is 1. The second kappa shape index (κ2) is 11.6. The van der Waals surface area contributed by atoms with E-state index in [0.29, 0.717) is 54.2 Å². The van der Waals surface area contributed by atoms with Crippen LogP contribution in [0.3, 0.4) is 0 Å². The molecule has 0 saturated carbocycles. The van der Waals surface area contributed by atoms with Crippen molar-refractivity contribution in [2.45, 2.75) is 40.7 Å². The SMILES string of the molecule is CCOC(=O)c1c(C)c(C(=O)CN(CCCOC)C(=O)c2ccc(F)cc2)c(C)n1CC. The van der Waals surface area contributed by atoms with Crippen molar-refractivity contribution >= 4 is 17.7 Å². The van der Waals surface area contributed by atoms with Crippen LogP contribution in [-0.4, -0.2) is 60.5 Å². The van der Waals surface area contributed by atoms with Gasteiger partial charge in [-0.05, 0) is 63.9 Å². The molecular formula is C24H31FN2O5. The lowest BCUT2D eigenvalue weighted by atomic mass is 10.0. The fraction of sp³-hybridized carbons (Fsp3) is 0.458. The van der Waals surface area contributed by atoms with E-state index in [1.807, 2.05) is 6.92 Å².